The van der Waals surface area contributed by atoms with Crippen LogP contribution >= 0.6 is 58.0 Å². The normalized spacial score (nSPS) is 10.7. The van der Waals surface area contributed by atoms with Crippen molar-refractivity contribution in [2.45, 2.75) is 6.42 Å². The number of carboxylic acids is 1. The van der Waals surface area contributed by atoms with Gasteiger partial charge in [0.05, 0.1) is 31.5 Å². The zero-order valence-electron chi connectivity index (χ0n) is 10.1. The molecule has 21 heavy (non-hydrogen) atoms. The van der Waals surface area contributed by atoms with Crippen LogP contribution in [0.5, 0.6) is 0 Å². The fourth-order valence-electron chi connectivity index (χ4n) is 1.75. The molecule has 1 aromatic carbocycles. The molecule has 0 fully saturated rings. The molecule has 1 heterocycles. The second-order valence-electron chi connectivity index (χ2n) is 4.10. The standard InChI is InChI=1S/C13H6Cl5NO2/c14-9-8(10(15)12(17)13(18)11(9)16)6-1-5(2-7(20)21)3-19-4-6/h1,3-4H,2H2,(H,20,21). The second-order valence-corrected chi connectivity index (χ2v) is 5.99. The van der Waals surface area contributed by atoms with Gasteiger partial charge in [-0.15, -0.1) is 0 Å². The van der Waals surface area contributed by atoms with Crippen molar-refractivity contribution < 1.29 is 9.90 Å². The summed E-state index contributed by atoms with van der Waals surface area (Å²) in [6, 6.07) is 1.61. The van der Waals surface area contributed by atoms with E-state index < -0.39 is 5.97 Å². The Labute approximate surface area is 145 Å². The maximum absolute atomic E-state index is 10.8. The van der Waals surface area contributed by atoms with Gasteiger partial charge in [-0.2, -0.15) is 0 Å². The summed E-state index contributed by atoms with van der Waals surface area (Å²) in [5.74, 6) is -0.974. The van der Waals surface area contributed by atoms with E-state index in [1.165, 1.54) is 12.4 Å². The molecule has 3 nitrogen and oxygen atoms in total. The van der Waals surface area contributed by atoms with Gasteiger partial charge in [-0.1, -0.05) is 58.0 Å². The highest BCUT2D eigenvalue weighted by Crippen LogP contribution is 2.48. The number of nitrogens with zero attached hydrogens (tertiary/aromatic N) is 1. The van der Waals surface area contributed by atoms with Gasteiger partial charge in [0.25, 0.3) is 0 Å². The summed E-state index contributed by atoms with van der Waals surface area (Å²) in [6.45, 7) is 0. The summed E-state index contributed by atoms with van der Waals surface area (Å²) < 4.78 is 0. The molecular formula is C13H6Cl5NO2. The zero-order chi connectivity index (χ0) is 15.7. The fraction of sp³-hybridized carbons (Fsp3) is 0.0769. The van der Waals surface area contributed by atoms with Crippen LogP contribution in [0.4, 0.5) is 0 Å². The maximum Gasteiger partial charge on any atom is 0.307 e. The minimum Gasteiger partial charge on any atom is -0.481 e. The van der Waals surface area contributed by atoms with Crippen molar-refractivity contribution in [3.05, 3.63) is 49.1 Å². The first-order valence-corrected chi connectivity index (χ1v) is 7.39. The van der Waals surface area contributed by atoms with Crippen LogP contribution < -0.4 is 0 Å². The molecule has 0 saturated heterocycles. The van der Waals surface area contributed by atoms with Crippen LogP contribution in [0.25, 0.3) is 11.1 Å². The summed E-state index contributed by atoms with van der Waals surface area (Å²) in [5, 5.41) is 9.29. The number of carbonyl (C=O) groups is 1. The Hall–Kier alpha value is -0.710. The summed E-state index contributed by atoms with van der Waals surface area (Å²) >= 11 is 30.3. The molecule has 0 saturated carbocycles. The molecule has 8 heteroatoms. The predicted octanol–water partition coefficient (Wildman–Crippen LogP) is 5.64. The topological polar surface area (TPSA) is 50.2 Å². The van der Waals surface area contributed by atoms with E-state index in [0.717, 1.165) is 0 Å². The van der Waals surface area contributed by atoms with Gasteiger partial charge in [0, 0.05) is 23.5 Å². The highest BCUT2D eigenvalue weighted by atomic mass is 35.5. The maximum atomic E-state index is 10.8. The van der Waals surface area contributed by atoms with Crippen LogP contribution in [0.3, 0.4) is 0 Å². The number of aliphatic carboxylic acids is 1. The molecule has 0 radical (unpaired) electrons. The van der Waals surface area contributed by atoms with Gasteiger partial charge in [-0.05, 0) is 11.6 Å². The summed E-state index contributed by atoms with van der Waals surface area (Å²) in [7, 11) is 0. The van der Waals surface area contributed by atoms with Gasteiger partial charge >= 0.3 is 5.97 Å². The Morgan fingerprint density at radius 2 is 1.48 bits per heavy atom. The van der Waals surface area contributed by atoms with E-state index in [1.807, 2.05) is 0 Å². The lowest BCUT2D eigenvalue weighted by Crippen LogP contribution is -2.00. The van der Waals surface area contributed by atoms with Crippen molar-refractivity contribution in [2.24, 2.45) is 0 Å². The number of carboxylic acid groups (broad SMARTS) is 1. The SMILES string of the molecule is O=C(O)Cc1cncc(-c2c(Cl)c(Cl)c(Cl)c(Cl)c2Cl)c1. The van der Waals surface area contributed by atoms with Crippen molar-refractivity contribution in [2.75, 3.05) is 0 Å². The number of halogens is 5. The molecule has 2 aromatic rings. The Bertz CT molecular complexity index is 704. The van der Waals surface area contributed by atoms with E-state index in [4.69, 9.17) is 63.1 Å². The molecule has 0 aliphatic heterocycles. The quantitative estimate of drug-likeness (QED) is 0.549. The Balaban J connectivity index is 2.65. The largest absolute Gasteiger partial charge is 0.481 e. The molecule has 0 atom stereocenters. The average Bonchev–Trinajstić information content (AvgIpc) is 2.43. The van der Waals surface area contributed by atoms with Crippen LogP contribution in [-0.4, -0.2) is 16.1 Å². The molecule has 0 amide bonds. The second kappa shape index (κ2) is 6.59. The van der Waals surface area contributed by atoms with Gasteiger partial charge in [0.1, 0.15) is 0 Å². The van der Waals surface area contributed by atoms with Crippen LogP contribution in [0.1, 0.15) is 5.56 Å². The third-order valence-corrected chi connectivity index (χ3v) is 4.93. The van der Waals surface area contributed by atoms with Gasteiger partial charge in [-0.3, -0.25) is 9.78 Å². The van der Waals surface area contributed by atoms with Gasteiger partial charge in [0.15, 0.2) is 0 Å². The van der Waals surface area contributed by atoms with Gasteiger partial charge < -0.3 is 5.11 Å². The average molecular weight is 385 g/mol. The summed E-state index contributed by atoms with van der Waals surface area (Å²) in [5.41, 5.74) is 1.36. The lowest BCUT2D eigenvalue weighted by molar-refractivity contribution is -0.136. The highest BCUT2D eigenvalue weighted by molar-refractivity contribution is 6.56. The minimum absolute atomic E-state index is 0.0618. The number of aromatic nitrogens is 1. The minimum atomic E-state index is -0.974. The summed E-state index contributed by atoms with van der Waals surface area (Å²) in [4.78, 5) is 14.7. The molecular weight excluding hydrogens is 379 g/mol. The van der Waals surface area contributed by atoms with Crippen LogP contribution in [0.15, 0.2) is 18.5 Å². The lowest BCUT2D eigenvalue weighted by Gasteiger charge is -2.13. The van der Waals surface area contributed by atoms with Crippen molar-refractivity contribution in [1.29, 1.82) is 0 Å². The number of hydrogen-bond acceptors (Lipinski definition) is 2. The van der Waals surface area contributed by atoms with Gasteiger partial charge in [-0.25, -0.2) is 0 Å². The van der Waals surface area contributed by atoms with E-state index in [-0.39, 0.29) is 31.5 Å². The first-order valence-electron chi connectivity index (χ1n) is 5.50. The highest BCUT2D eigenvalue weighted by Gasteiger charge is 2.20. The Morgan fingerprint density at radius 3 is 2.00 bits per heavy atom. The zero-order valence-corrected chi connectivity index (χ0v) is 13.9. The van der Waals surface area contributed by atoms with Crippen LogP contribution in [0.2, 0.25) is 25.1 Å². The molecule has 1 N–H and O–H groups in total. The number of rotatable bonds is 3. The molecule has 0 spiro atoms. The van der Waals surface area contributed by atoms with E-state index >= 15 is 0 Å². The first kappa shape index (κ1) is 16.7. The molecule has 1 aromatic heterocycles. The fourth-order valence-corrected chi connectivity index (χ4v) is 3.11. The third-order valence-electron chi connectivity index (χ3n) is 2.65. The van der Waals surface area contributed by atoms with E-state index in [2.05, 4.69) is 4.98 Å². The first-order chi connectivity index (χ1) is 9.82. The summed E-state index contributed by atoms with van der Waals surface area (Å²) in [6.07, 6.45) is 2.75. The number of pyridine rings is 1. The Kier molecular flexibility index (Phi) is 5.23. The van der Waals surface area contributed by atoms with E-state index in [1.54, 1.807) is 6.07 Å². The van der Waals surface area contributed by atoms with E-state index in [0.29, 0.717) is 16.7 Å². The number of benzene rings is 1. The van der Waals surface area contributed by atoms with Crippen molar-refractivity contribution in [3.8, 4) is 11.1 Å². The van der Waals surface area contributed by atoms with Crippen molar-refractivity contribution >= 4 is 64.0 Å². The monoisotopic (exact) mass is 383 g/mol. The molecule has 0 unspecified atom stereocenters. The van der Waals surface area contributed by atoms with Crippen molar-refractivity contribution in [3.63, 3.8) is 0 Å². The lowest BCUT2D eigenvalue weighted by atomic mass is 10.0. The molecule has 0 bridgehead atoms. The van der Waals surface area contributed by atoms with E-state index in [9.17, 15) is 4.79 Å². The third kappa shape index (κ3) is 3.38. The predicted molar refractivity (Wildman–Crippen MR) is 86.1 cm³/mol. The van der Waals surface area contributed by atoms with Gasteiger partial charge in [0.2, 0.25) is 0 Å². The molecule has 110 valence electrons. The van der Waals surface area contributed by atoms with Crippen LogP contribution in [-0.2, 0) is 11.2 Å². The van der Waals surface area contributed by atoms with Crippen molar-refractivity contribution in [1.82, 2.24) is 4.98 Å². The smallest absolute Gasteiger partial charge is 0.307 e. The Morgan fingerprint density at radius 1 is 0.952 bits per heavy atom. The molecule has 0 aliphatic carbocycles. The molecule has 2 rings (SSSR count). The van der Waals surface area contributed by atoms with Crippen LogP contribution in [0, 0.1) is 0 Å². The number of hydrogen-bond donors (Lipinski definition) is 1. The molecule has 0 aliphatic rings.